The van der Waals surface area contributed by atoms with Crippen LogP contribution < -0.4 is 16.0 Å². The van der Waals surface area contributed by atoms with E-state index in [4.69, 9.17) is 0 Å². The minimum Gasteiger partial charge on any atom is -0.356 e. The lowest BCUT2D eigenvalue weighted by Crippen LogP contribution is -2.31. The lowest BCUT2D eigenvalue weighted by atomic mass is 10.3. The van der Waals surface area contributed by atoms with E-state index in [9.17, 15) is 9.59 Å². The second-order valence-corrected chi connectivity index (χ2v) is 4.44. The van der Waals surface area contributed by atoms with Gasteiger partial charge in [-0.1, -0.05) is 6.92 Å². The Morgan fingerprint density at radius 1 is 1.06 bits per heavy atom. The fourth-order valence-electron chi connectivity index (χ4n) is 1.41. The van der Waals surface area contributed by atoms with Gasteiger partial charge in [0.1, 0.15) is 0 Å². The van der Waals surface area contributed by atoms with Crippen LogP contribution in [-0.2, 0) is 9.59 Å². The first-order valence-corrected chi connectivity index (χ1v) is 6.49. The van der Waals surface area contributed by atoms with Gasteiger partial charge in [-0.15, -0.1) is 0 Å². The molecule has 98 valence electrons. The van der Waals surface area contributed by atoms with E-state index < -0.39 is 0 Å². The van der Waals surface area contributed by atoms with Gasteiger partial charge < -0.3 is 16.0 Å². The summed E-state index contributed by atoms with van der Waals surface area (Å²) >= 11 is 0. The van der Waals surface area contributed by atoms with Crippen LogP contribution in [0.2, 0.25) is 0 Å². The first-order chi connectivity index (χ1) is 8.22. The van der Waals surface area contributed by atoms with Crippen LogP contribution in [-0.4, -0.2) is 37.5 Å². The predicted molar refractivity (Wildman–Crippen MR) is 66.6 cm³/mol. The van der Waals surface area contributed by atoms with Crippen molar-refractivity contribution in [2.75, 3.05) is 19.6 Å². The zero-order valence-corrected chi connectivity index (χ0v) is 10.6. The van der Waals surface area contributed by atoms with Crippen molar-refractivity contribution >= 4 is 11.8 Å². The molecule has 0 saturated heterocycles. The normalized spacial score (nSPS) is 14.4. The van der Waals surface area contributed by atoms with Crippen LogP contribution in [0, 0.1) is 0 Å². The SMILES string of the molecule is CCCNC(=O)CCNCCC(=O)NC1CC1. The number of amides is 2. The van der Waals surface area contributed by atoms with Crippen molar-refractivity contribution in [1.82, 2.24) is 16.0 Å². The topological polar surface area (TPSA) is 70.2 Å². The third-order valence-electron chi connectivity index (χ3n) is 2.57. The summed E-state index contributed by atoms with van der Waals surface area (Å²) in [5, 5.41) is 8.83. The van der Waals surface area contributed by atoms with E-state index in [-0.39, 0.29) is 11.8 Å². The van der Waals surface area contributed by atoms with E-state index >= 15 is 0 Å². The molecule has 1 aliphatic rings. The predicted octanol–water partition coefficient (Wildman–Crippen LogP) is 0.161. The van der Waals surface area contributed by atoms with Gasteiger partial charge in [-0.25, -0.2) is 0 Å². The molecule has 0 bridgehead atoms. The van der Waals surface area contributed by atoms with Crippen LogP contribution in [0.3, 0.4) is 0 Å². The first kappa shape index (κ1) is 14.0. The molecule has 1 aliphatic carbocycles. The van der Waals surface area contributed by atoms with Gasteiger partial charge in [0.15, 0.2) is 0 Å². The van der Waals surface area contributed by atoms with E-state index in [0.717, 1.165) is 25.8 Å². The lowest BCUT2D eigenvalue weighted by molar-refractivity contribution is -0.121. The minimum absolute atomic E-state index is 0.0711. The maximum atomic E-state index is 11.3. The van der Waals surface area contributed by atoms with Crippen LogP contribution in [0.5, 0.6) is 0 Å². The van der Waals surface area contributed by atoms with Crippen LogP contribution in [0.15, 0.2) is 0 Å². The Balaban J connectivity index is 1.86. The number of nitrogens with one attached hydrogen (secondary N) is 3. The van der Waals surface area contributed by atoms with Gasteiger partial charge in [-0.2, -0.15) is 0 Å². The van der Waals surface area contributed by atoms with Crippen molar-refractivity contribution in [1.29, 1.82) is 0 Å². The van der Waals surface area contributed by atoms with Crippen molar-refractivity contribution in [2.24, 2.45) is 0 Å². The van der Waals surface area contributed by atoms with Crippen LogP contribution in [0.1, 0.15) is 39.0 Å². The molecule has 0 aliphatic heterocycles. The zero-order chi connectivity index (χ0) is 12.5. The summed E-state index contributed by atoms with van der Waals surface area (Å²) in [6.45, 7) is 4.03. The fourth-order valence-corrected chi connectivity index (χ4v) is 1.41. The Bertz CT molecular complexity index is 252. The van der Waals surface area contributed by atoms with Gasteiger partial charge in [0.05, 0.1) is 0 Å². The molecule has 0 heterocycles. The summed E-state index contributed by atoms with van der Waals surface area (Å²) in [6.07, 6.45) is 4.17. The Kier molecular flexibility index (Phi) is 6.62. The van der Waals surface area contributed by atoms with E-state index in [1.807, 2.05) is 6.92 Å². The first-order valence-electron chi connectivity index (χ1n) is 6.49. The van der Waals surface area contributed by atoms with E-state index in [1.54, 1.807) is 0 Å². The number of carbonyl (C=O) groups excluding carboxylic acids is 2. The van der Waals surface area contributed by atoms with Gasteiger partial charge in [0.25, 0.3) is 0 Å². The molecule has 1 rings (SSSR count). The highest BCUT2D eigenvalue weighted by molar-refractivity contribution is 5.77. The quantitative estimate of drug-likeness (QED) is 0.504. The second-order valence-electron chi connectivity index (χ2n) is 4.44. The highest BCUT2D eigenvalue weighted by Crippen LogP contribution is 2.18. The fraction of sp³-hybridized carbons (Fsp3) is 0.833. The summed E-state index contributed by atoms with van der Waals surface area (Å²) < 4.78 is 0. The van der Waals surface area contributed by atoms with Gasteiger partial charge >= 0.3 is 0 Å². The minimum atomic E-state index is 0.0711. The molecule has 2 amide bonds. The maximum absolute atomic E-state index is 11.3. The summed E-state index contributed by atoms with van der Waals surface area (Å²) in [4.78, 5) is 22.5. The third kappa shape index (κ3) is 7.74. The number of rotatable bonds is 9. The Morgan fingerprint density at radius 2 is 1.71 bits per heavy atom. The van der Waals surface area contributed by atoms with E-state index in [1.165, 1.54) is 0 Å². The Morgan fingerprint density at radius 3 is 2.29 bits per heavy atom. The Labute approximate surface area is 103 Å². The van der Waals surface area contributed by atoms with Crippen molar-refractivity contribution in [3.8, 4) is 0 Å². The smallest absolute Gasteiger partial charge is 0.221 e. The largest absolute Gasteiger partial charge is 0.356 e. The van der Waals surface area contributed by atoms with Crippen molar-refractivity contribution in [3.05, 3.63) is 0 Å². The van der Waals surface area contributed by atoms with Crippen LogP contribution >= 0.6 is 0 Å². The lowest BCUT2D eigenvalue weighted by Gasteiger charge is -2.06. The molecule has 0 aromatic rings. The average Bonchev–Trinajstić information content (AvgIpc) is 3.09. The number of hydrogen-bond donors (Lipinski definition) is 3. The van der Waals surface area contributed by atoms with Gasteiger partial charge in [0.2, 0.25) is 11.8 Å². The maximum Gasteiger partial charge on any atom is 0.221 e. The second kappa shape index (κ2) is 8.06. The summed E-state index contributed by atoms with van der Waals surface area (Å²) in [5.74, 6) is 0.178. The van der Waals surface area contributed by atoms with Gasteiger partial charge in [0, 0.05) is 38.5 Å². The molecular weight excluding hydrogens is 218 g/mol. The van der Waals surface area contributed by atoms with Crippen molar-refractivity contribution < 1.29 is 9.59 Å². The van der Waals surface area contributed by atoms with E-state index in [2.05, 4.69) is 16.0 Å². The number of hydrogen-bond acceptors (Lipinski definition) is 3. The molecule has 3 N–H and O–H groups in total. The molecule has 1 fully saturated rings. The Hall–Kier alpha value is -1.10. The molecule has 0 radical (unpaired) electrons. The van der Waals surface area contributed by atoms with Crippen LogP contribution in [0.25, 0.3) is 0 Å². The summed E-state index contributed by atoms with van der Waals surface area (Å²) in [6, 6.07) is 0.433. The van der Waals surface area contributed by atoms with Crippen molar-refractivity contribution in [3.63, 3.8) is 0 Å². The molecule has 1 saturated carbocycles. The molecule has 0 atom stereocenters. The summed E-state index contributed by atoms with van der Waals surface area (Å²) in [5.41, 5.74) is 0. The third-order valence-corrected chi connectivity index (χ3v) is 2.57. The molecule has 17 heavy (non-hydrogen) atoms. The van der Waals surface area contributed by atoms with E-state index in [0.29, 0.717) is 32.0 Å². The average molecular weight is 241 g/mol. The molecular formula is C12H23N3O2. The highest BCUT2D eigenvalue weighted by Gasteiger charge is 2.22. The van der Waals surface area contributed by atoms with Gasteiger partial charge in [-0.05, 0) is 19.3 Å². The van der Waals surface area contributed by atoms with Crippen molar-refractivity contribution in [2.45, 2.75) is 45.1 Å². The monoisotopic (exact) mass is 241 g/mol. The molecule has 0 aromatic carbocycles. The molecule has 5 nitrogen and oxygen atoms in total. The highest BCUT2D eigenvalue weighted by atomic mass is 16.2. The molecule has 0 spiro atoms. The van der Waals surface area contributed by atoms with Gasteiger partial charge in [-0.3, -0.25) is 9.59 Å². The molecule has 0 aromatic heterocycles. The number of carbonyl (C=O) groups is 2. The molecule has 5 heteroatoms. The summed E-state index contributed by atoms with van der Waals surface area (Å²) in [7, 11) is 0. The standard InChI is InChI=1S/C12H23N3O2/c1-2-7-14-11(16)5-8-13-9-6-12(17)15-10-3-4-10/h10,13H,2-9H2,1H3,(H,14,16)(H,15,17). The molecule has 0 unspecified atom stereocenters. The van der Waals surface area contributed by atoms with Crippen LogP contribution in [0.4, 0.5) is 0 Å². The zero-order valence-electron chi connectivity index (χ0n) is 10.6.